The summed E-state index contributed by atoms with van der Waals surface area (Å²) in [5, 5.41) is 11.6. The van der Waals surface area contributed by atoms with Gasteiger partial charge in [-0.2, -0.15) is 10.2 Å². The highest BCUT2D eigenvalue weighted by atomic mass is 35.5. The number of carbonyl (C=O) groups excluding carboxylic acids is 1. The molecule has 0 saturated heterocycles. The van der Waals surface area contributed by atoms with Gasteiger partial charge in [-0.15, -0.1) is 0 Å². The zero-order chi connectivity index (χ0) is 14.5. The second kappa shape index (κ2) is 6.42. The van der Waals surface area contributed by atoms with Crippen LogP contribution in [0.5, 0.6) is 0 Å². The van der Waals surface area contributed by atoms with Gasteiger partial charge in [0.25, 0.3) is 5.91 Å². The quantitative estimate of drug-likeness (QED) is 0.783. The number of nitrogens with two attached hydrogens (primary N) is 1. The van der Waals surface area contributed by atoms with Crippen LogP contribution in [0.25, 0.3) is 0 Å². The molecule has 0 aromatic carbocycles. The second-order valence-corrected chi connectivity index (χ2v) is 4.76. The molecule has 0 spiro atoms. The van der Waals surface area contributed by atoms with Crippen LogP contribution in [0.3, 0.4) is 0 Å². The normalized spacial score (nSPS) is 10.7. The summed E-state index contributed by atoms with van der Waals surface area (Å²) >= 11 is 5.76. The lowest BCUT2D eigenvalue weighted by atomic mass is 10.3. The third-order valence-electron chi connectivity index (χ3n) is 2.78. The Morgan fingerprint density at radius 1 is 1.45 bits per heavy atom. The molecule has 108 valence electrons. The molecule has 0 radical (unpaired) electrons. The van der Waals surface area contributed by atoms with Gasteiger partial charge >= 0.3 is 0 Å². The molecule has 2 rings (SSSR count). The molecule has 0 unspecified atom stereocenters. The van der Waals surface area contributed by atoms with Crippen LogP contribution in [0.4, 0.5) is 5.69 Å². The van der Waals surface area contributed by atoms with Gasteiger partial charge in [0.1, 0.15) is 0 Å². The van der Waals surface area contributed by atoms with Gasteiger partial charge in [0.15, 0.2) is 5.69 Å². The van der Waals surface area contributed by atoms with Crippen LogP contribution < -0.4 is 11.1 Å². The fourth-order valence-electron chi connectivity index (χ4n) is 1.76. The number of amides is 1. The number of aryl methyl sites for hydroxylation is 2. The van der Waals surface area contributed by atoms with Gasteiger partial charge in [0, 0.05) is 32.0 Å². The van der Waals surface area contributed by atoms with Gasteiger partial charge in [-0.05, 0) is 13.3 Å². The molecule has 0 aliphatic rings. The molecule has 3 N–H and O–H groups in total. The van der Waals surface area contributed by atoms with Crippen molar-refractivity contribution in [2.75, 3.05) is 12.3 Å². The Hall–Kier alpha value is -2.02. The molecule has 0 saturated carbocycles. The van der Waals surface area contributed by atoms with Gasteiger partial charge in [0.05, 0.1) is 16.9 Å². The van der Waals surface area contributed by atoms with E-state index in [-0.39, 0.29) is 11.6 Å². The maximum absolute atomic E-state index is 11.9. The van der Waals surface area contributed by atoms with E-state index >= 15 is 0 Å². The SMILES string of the molecule is CCn1cc(N)c(C(=O)NCCCn2cc(Cl)cn2)n1. The van der Waals surface area contributed by atoms with E-state index in [1.54, 1.807) is 28.0 Å². The largest absolute Gasteiger partial charge is 0.396 e. The average molecular weight is 297 g/mol. The Balaban J connectivity index is 1.78. The molecule has 20 heavy (non-hydrogen) atoms. The van der Waals surface area contributed by atoms with Crippen molar-refractivity contribution in [3.8, 4) is 0 Å². The van der Waals surface area contributed by atoms with E-state index in [2.05, 4.69) is 15.5 Å². The zero-order valence-corrected chi connectivity index (χ0v) is 12.0. The van der Waals surface area contributed by atoms with E-state index in [0.717, 1.165) is 6.42 Å². The number of carbonyl (C=O) groups is 1. The van der Waals surface area contributed by atoms with Gasteiger partial charge in [0.2, 0.25) is 0 Å². The molecule has 0 bridgehead atoms. The minimum atomic E-state index is -0.256. The first-order valence-electron chi connectivity index (χ1n) is 6.39. The molecule has 0 fully saturated rings. The number of hydrogen-bond donors (Lipinski definition) is 2. The van der Waals surface area contributed by atoms with Crippen LogP contribution in [0, 0.1) is 0 Å². The van der Waals surface area contributed by atoms with Crippen LogP contribution in [-0.2, 0) is 13.1 Å². The Labute approximate surface area is 121 Å². The van der Waals surface area contributed by atoms with Crippen LogP contribution >= 0.6 is 11.6 Å². The number of nitrogens with one attached hydrogen (secondary N) is 1. The minimum Gasteiger partial charge on any atom is -0.396 e. The lowest BCUT2D eigenvalue weighted by Gasteiger charge is -2.04. The summed E-state index contributed by atoms with van der Waals surface area (Å²) in [6, 6.07) is 0. The smallest absolute Gasteiger partial charge is 0.273 e. The topological polar surface area (TPSA) is 90.8 Å². The molecule has 2 aromatic rings. The number of rotatable bonds is 6. The highest BCUT2D eigenvalue weighted by Crippen LogP contribution is 2.08. The minimum absolute atomic E-state index is 0.256. The van der Waals surface area contributed by atoms with E-state index in [1.807, 2.05) is 6.92 Å². The maximum Gasteiger partial charge on any atom is 0.273 e. The fraction of sp³-hybridized carbons (Fsp3) is 0.417. The highest BCUT2D eigenvalue weighted by molar-refractivity contribution is 6.30. The van der Waals surface area contributed by atoms with Gasteiger partial charge in [-0.25, -0.2) is 0 Å². The van der Waals surface area contributed by atoms with Crippen molar-refractivity contribution in [1.29, 1.82) is 0 Å². The molecule has 7 nitrogen and oxygen atoms in total. The summed E-state index contributed by atoms with van der Waals surface area (Å²) in [6.07, 6.45) is 5.72. The van der Waals surface area contributed by atoms with E-state index in [1.165, 1.54) is 0 Å². The molecule has 1 amide bonds. The van der Waals surface area contributed by atoms with Gasteiger partial charge in [-0.3, -0.25) is 14.2 Å². The monoisotopic (exact) mass is 296 g/mol. The molecule has 8 heteroatoms. The van der Waals surface area contributed by atoms with Crippen LogP contribution in [0.1, 0.15) is 23.8 Å². The van der Waals surface area contributed by atoms with Crippen molar-refractivity contribution in [2.45, 2.75) is 26.4 Å². The molecule has 0 atom stereocenters. The Morgan fingerprint density at radius 2 is 2.25 bits per heavy atom. The van der Waals surface area contributed by atoms with Gasteiger partial charge in [-0.1, -0.05) is 11.6 Å². The number of halogens is 1. The number of anilines is 1. The molecular weight excluding hydrogens is 280 g/mol. The number of nitrogens with zero attached hydrogens (tertiary/aromatic N) is 4. The molecular formula is C12H17ClN6O. The van der Waals surface area contributed by atoms with E-state index in [9.17, 15) is 4.79 Å². The Bertz CT molecular complexity index is 591. The first kappa shape index (κ1) is 14.4. The predicted molar refractivity (Wildman–Crippen MR) is 76.5 cm³/mol. The number of nitrogen functional groups attached to an aromatic ring is 1. The molecule has 0 aliphatic heterocycles. The summed E-state index contributed by atoms with van der Waals surface area (Å²) in [5.74, 6) is -0.256. The lowest BCUT2D eigenvalue weighted by Crippen LogP contribution is -2.26. The summed E-state index contributed by atoms with van der Waals surface area (Å²) in [6.45, 7) is 3.82. The first-order valence-corrected chi connectivity index (χ1v) is 6.77. The van der Waals surface area contributed by atoms with Crippen molar-refractivity contribution in [1.82, 2.24) is 24.9 Å². The highest BCUT2D eigenvalue weighted by Gasteiger charge is 2.13. The number of aromatic nitrogens is 4. The van der Waals surface area contributed by atoms with Crippen molar-refractivity contribution in [3.63, 3.8) is 0 Å². The molecule has 2 heterocycles. The second-order valence-electron chi connectivity index (χ2n) is 4.32. The summed E-state index contributed by atoms with van der Waals surface area (Å²) < 4.78 is 3.37. The van der Waals surface area contributed by atoms with E-state index in [0.29, 0.717) is 30.3 Å². The van der Waals surface area contributed by atoms with Crippen molar-refractivity contribution in [3.05, 3.63) is 29.3 Å². The van der Waals surface area contributed by atoms with Crippen LogP contribution in [0.15, 0.2) is 18.6 Å². The maximum atomic E-state index is 11.9. The summed E-state index contributed by atoms with van der Waals surface area (Å²) in [4.78, 5) is 11.9. The third kappa shape index (κ3) is 3.51. The Kier molecular flexibility index (Phi) is 4.62. The van der Waals surface area contributed by atoms with E-state index < -0.39 is 0 Å². The molecule has 0 aliphatic carbocycles. The van der Waals surface area contributed by atoms with Crippen LogP contribution in [-0.4, -0.2) is 32.0 Å². The summed E-state index contributed by atoms with van der Waals surface area (Å²) in [5.41, 5.74) is 6.41. The van der Waals surface area contributed by atoms with Crippen molar-refractivity contribution in [2.24, 2.45) is 0 Å². The third-order valence-corrected chi connectivity index (χ3v) is 2.98. The predicted octanol–water partition coefficient (Wildman–Crippen LogP) is 1.16. The fourth-order valence-corrected chi connectivity index (χ4v) is 1.92. The average Bonchev–Trinajstić information content (AvgIpc) is 3.00. The van der Waals surface area contributed by atoms with E-state index in [4.69, 9.17) is 17.3 Å². The van der Waals surface area contributed by atoms with Crippen molar-refractivity contribution < 1.29 is 4.79 Å². The van der Waals surface area contributed by atoms with Crippen molar-refractivity contribution >= 4 is 23.2 Å². The lowest BCUT2D eigenvalue weighted by molar-refractivity contribution is 0.0947. The summed E-state index contributed by atoms with van der Waals surface area (Å²) in [7, 11) is 0. The first-order chi connectivity index (χ1) is 9.60. The number of hydrogen-bond acceptors (Lipinski definition) is 4. The van der Waals surface area contributed by atoms with Gasteiger partial charge < -0.3 is 11.1 Å². The molecule has 2 aromatic heterocycles. The zero-order valence-electron chi connectivity index (χ0n) is 11.2. The Morgan fingerprint density at radius 3 is 2.85 bits per heavy atom. The van der Waals surface area contributed by atoms with Crippen LogP contribution in [0.2, 0.25) is 5.02 Å². The standard InChI is InChI=1S/C12H17ClN6O/c1-2-18-8-10(14)11(17-18)12(20)15-4-3-5-19-7-9(13)6-16-19/h6-8H,2-5,14H2,1H3,(H,15,20).